The second-order valence-electron chi connectivity index (χ2n) is 5.68. The molecule has 0 aliphatic carbocycles. The molecule has 0 aliphatic heterocycles. The van der Waals surface area contributed by atoms with Crippen molar-refractivity contribution in [2.75, 3.05) is 11.1 Å². The lowest BCUT2D eigenvalue weighted by Gasteiger charge is -2.24. The molecule has 1 atom stereocenters. The molecule has 7 heteroatoms. The van der Waals surface area contributed by atoms with Gasteiger partial charge in [0.2, 0.25) is 11.9 Å². The SMILES string of the molecule is CC(Nc1nc(N)nc2sccc12)C(=O)NC(C)(C)C. The Morgan fingerprint density at radius 3 is 2.75 bits per heavy atom. The van der Waals surface area contributed by atoms with Crippen molar-refractivity contribution in [1.29, 1.82) is 0 Å². The molecule has 0 saturated carbocycles. The maximum absolute atomic E-state index is 12.1. The van der Waals surface area contributed by atoms with Crippen molar-refractivity contribution >= 4 is 39.2 Å². The van der Waals surface area contributed by atoms with E-state index in [-0.39, 0.29) is 17.4 Å². The van der Waals surface area contributed by atoms with Gasteiger partial charge >= 0.3 is 0 Å². The first-order valence-electron chi connectivity index (χ1n) is 6.35. The van der Waals surface area contributed by atoms with E-state index in [1.165, 1.54) is 11.3 Å². The monoisotopic (exact) mass is 293 g/mol. The zero-order valence-electron chi connectivity index (χ0n) is 12.0. The summed E-state index contributed by atoms with van der Waals surface area (Å²) in [6.45, 7) is 7.61. The fraction of sp³-hybridized carbons (Fsp3) is 0.462. The minimum Gasteiger partial charge on any atom is -0.368 e. The van der Waals surface area contributed by atoms with Crippen molar-refractivity contribution in [3.63, 3.8) is 0 Å². The Morgan fingerprint density at radius 1 is 1.40 bits per heavy atom. The summed E-state index contributed by atoms with van der Waals surface area (Å²) in [7, 11) is 0. The molecule has 6 nitrogen and oxygen atoms in total. The van der Waals surface area contributed by atoms with Crippen molar-refractivity contribution in [1.82, 2.24) is 15.3 Å². The van der Waals surface area contributed by atoms with Gasteiger partial charge in [-0.05, 0) is 39.1 Å². The fourth-order valence-corrected chi connectivity index (χ4v) is 2.50. The second kappa shape index (κ2) is 5.24. The van der Waals surface area contributed by atoms with Crippen LogP contribution in [0.1, 0.15) is 27.7 Å². The quantitative estimate of drug-likeness (QED) is 0.804. The van der Waals surface area contributed by atoms with Crippen LogP contribution in [0.5, 0.6) is 0 Å². The van der Waals surface area contributed by atoms with E-state index in [0.717, 1.165) is 10.2 Å². The van der Waals surface area contributed by atoms with E-state index in [4.69, 9.17) is 5.73 Å². The first kappa shape index (κ1) is 14.5. The summed E-state index contributed by atoms with van der Waals surface area (Å²) in [5.41, 5.74) is 5.41. The van der Waals surface area contributed by atoms with Gasteiger partial charge in [0.15, 0.2) is 0 Å². The van der Waals surface area contributed by atoms with Gasteiger partial charge in [-0.3, -0.25) is 4.79 Å². The van der Waals surface area contributed by atoms with Crippen LogP contribution in [0.3, 0.4) is 0 Å². The van der Waals surface area contributed by atoms with Gasteiger partial charge in [-0.15, -0.1) is 11.3 Å². The predicted octanol–water partition coefficient (Wildman–Crippen LogP) is 1.99. The predicted molar refractivity (Wildman–Crippen MR) is 82.8 cm³/mol. The van der Waals surface area contributed by atoms with Gasteiger partial charge in [0.05, 0.1) is 5.39 Å². The molecule has 2 rings (SSSR count). The van der Waals surface area contributed by atoms with Crippen molar-refractivity contribution in [2.24, 2.45) is 0 Å². The lowest BCUT2D eigenvalue weighted by Crippen LogP contribution is -2.47. The summed E-state index contributed by atoms with van der Waals surface area (Å²) >= 11 is 1.49. The smallest absolute Gasteiger partial charge is 0.242 e. The number of rotatable bonds is 3. The molecule has 20 heavy (non-hydrogen) atoms. The van der Waals surface area contributed by atoms with E-state index >= 15 is 0 Å². The van der Waals surface area contributed by atoms with Crippen LogP contribution in [0.15, 0.2) is 11.4 Å². The molecule has 1 unspecified atom stereocenters. The Hall–Kier alpha value is -1.89. The van der Waals surface area contributed by atoms with Gasteiger partial charge in [0, 0.05) is 5.54 Å². The number of nitrogens with two attached hydrogens (primary N) is 1. The molecule has 4 N–H and O–H groups in total. The summed E-state index contributed by atoms with van der Waals surface area (Å²) < 4.78 is 0. The van der Waals surface area contributed by atoms with Crippen molar-refractivity contribution in [3.8, 4) is 0 Å². The molecule has 0 aliphatic rings. The number of nitrogens with one attached hydrogen (secondary N) is 2. The number of fused-ring (bicyclic) bond motifs is 1. The molecule has 108 valence electrons. The number of nitrogens with zero attached hydrogens (tertiary/aromatic N) is 2. The van der Waals surface area contributed by atoms with Crippen LogP contribution in [0, 0.1) is 0 Å². The molecule has 2 heterocycles. The summed E-state index contributed by atoms with van der Waals surface area (Å²) in [6, 6.07) is 1.50. The highest BCUT2D eigenvalue weighted by molar-refractivity contribution is 7.16. The Kier molecular flexibility index (Phi) is 3.80. The molecular formula is C13H19N5OS. The largest absolute Gasteiger partial charge is 0.368 e. The minimum atomic E-state index is -0.411. The Balaban J connectivity index is 2.19. The molecule has 0 bridgehead atoms. The molecular weight excluding hydrogens is 274 g/mol. The molecule has 0 fully saturated rings. The minimum absolute atomic E-state index is 0.0851. The average molecular weight is 293 g/mol. The molecule has 0 spiro atoms. The molecule has 1 amide bonds. The van der Waals surface area contributed by atoms with E-state index in [1.807, 2.05) is 32.2 Å². The van der Waals surface area contributed by atoms with Gasteiger partial charge in [-0.2, -0.15) is 4.98 Å². The number of hydrogen-bond acceptors (Lipinski definition) is 6. The zero-order valence-corrected chi connectivity index (χ0v) is 12.8. The third-order valence-corrected chi connectivity index (χ3v) is 3.39. The highest BCUT2D eigenvalue weighted by atomic mass is 32.1. The maximum atomic E-state index is 12.1. The van der Waals surface area contributed by atoms with Gasteiger partial charge < -0.3 is 16.4 Å². The summed E-state index contributed by atoms with van der Waals surface area (Å²) in [5.74, 6) is 0.703. The highest BCUT2D eigenvalue weighted by Crippen LogP contribution is 2.26. The van der Waals surface area contributed by atoms with E-state index in [1.54, 1.807) is 6.92 Å². The van der Waals surface area contributed by atoms with E-state index in [9.17, 15) is 4.79 Å². The van der Waals surface area contributed by atoms with Crippen molar-refractivity contribution in [2.45, 2.75) is 39.3 Å². The Bertz CT molecular complexity index is 631. The van der Waals surface area contributed by atoms with Crippen LogP contribution in [-0.4, -0.2) is 27.5 Å². The number of hydrogen-bond donors (Lipinski definition) is 3. The average Bonchev–Trinajstić information content (AvgIpc) is 2.74. The van der Waals surface area contributed by atoms with Crippen molar-refractivity contribution in [3.05, 3.63) is 11.4 Å². The first-order valence-corrected chi connectivity index (χ1v) is 7.23. The number of anilines is 2. The first-order chi connectivity index (χ1) is 9.26. The summed E-state index contributed by atoms with van der Waals surface area (Å²) in [4.78, 5) is 21.2. The number of carbonyl (C=O) groups excluding carboxylic acids is 1. The maximum Gasteiger partial charge on any atom is 0.242 e. The normalized spacial score (nSPS) is 13.2. The molecule has 2 aromatic rings. The number of amides is 1. The van der Waals surface area contributed by atoms with E-state index < -0.39 is 6.04 Å². The molecule has 0 aromatic carbocycles. The van der Waals surface area contributed by atoms with Crippen molar-refractivity contribution < 1.29 is 4.79 Å². The van der Waals surface area contributed by atoms with E-state index in [0.29, 0.717) is 5.82 Å². The van der Waals surface area contributed by atoms with E-state index in [2.05, 4.69) is 20.6 Å². The highest BCUT2D eigenvalue weighted by Gasteiger charge is 2.20. The fourth-order valence-electron chi connectivity index (χ4n) is 1.73. The van der Waals surface area contributed by atoms with Crippen LogP contribution in [0.2, 0.25) is 0 Å². The number of thiophene rings is 1. The number of carbonyl (C=O) groups is 1. The van der Waals surface area contributed by atoms with Crippen LogP contribution in [-0.2, 0) is 4.79 Å². The number of aromatic nitrogens is 2. The lowest BCUT2D eigenvalue weighted by atomic mass is 10.1. The van der Waals surface area contributed by atoms with Gasteiger partial charge in [-0.25, -0.2) is 4.98 Å². The lowest BCUT2D eigenvalue weighted by molar-refractivity contribution is -0.122. The summed E-state index contributed by atoms with van der Waals surface area (Å²) in [5, 5.41) is 8.81. The zero-order chi connectivity index (χ0) is 14.9. The van der Waals surface area contributed by atoms with Gasteiger partial charge in [-0.1, -0.05) is 0 Å². The van der Waals surface area contributed by atoms with Crippen LogP contribution >= 0.6 is 11.3 Å². The molecule has 0 saturated heterocycles. The van der Waals surface area contributed by atoms with Gasteiger partial charge in [0.1, 0.15) is 16.7 Å². The van der Waals surface area contributed by atoms with Crippen LogP contribution in [0.25, 0.3) is 10.2 Å². The number of nitrogen functional groups attached to an aromatic ring is 1. The molecule has 0 radical (unpaired) electrons. The van der Waals surface area contributed by atoms with Crippen LogP contribution in [0.4, 0.5) is 11.8 Å². The third-order valence-electron chi connectivity index (χ3n) is 2.59. The molecule has 2 aromatic heterocycles. The standard InChI is InChI=1S/C13H19N5OS/c1-7(10(19)18-13(2,3)4)15-9-8-5-6-20-11(8)17-12(14)16-9/h5-7H,1-4H3,(H,18,19)(H3,14,15,16,17). The summed E-state index contributed by atoms with van der Waals surface area (Å²) in [6.07, 6.45) is 0. The second-order valence-corrected chi connectivity index (χ2v) is 6.57. The Morgan fingerprint density at radius 2 is 2.10 bits per heavy atom. The van der Waals surface area contributed by atoms with Crippen LogP contribution < -0.4 is 16.4 Å². The topological polar surface area (TPSA) is 92.9 Å². The Labute approximate surface area is 121 Å². The third kappa shape index (κ3) is 3.36. The van der Waals surface area contributed by atoms with Gasteiger partial charge in [0.25, 0.3) is 0 Å².